The van der Waals surface area contributed by atoms with E-state index < -0.39 is 0 Å². The molecule has 0 saturated heterocycles. The zero-order chi connectivity index (χ0) is 13.8. The lowest BCUT2D eigenvalue weighted by molar-refractivity contribution is 0.0952. The summed E-state index contributed by atoms with van der Waals surface area (Å²) < 4.78 is 5.09. The summed E-state index contributed by atoms with van der Waals surface area (Å²) in [4.78, 5) is 11.8. The highest BCUT2D eigenvalue weighted by Gasteiger charge is 2.10. The fraction of sp³-hybridized carbons (Fsp3) is 0.214. The molecule has 0 bridgehead atoms. The topological polar surface area (TPSA) is 42.2 Å². The van der Waals surface area contributed by atoms with E-state index in [4.69, 9.17) is 27.6 Å². The van der Waals surface area contributed by atoms with Gasteiger partial charge < -0.3 is 9.73 Å². The van der Waals surface area contributed by atoms with E-state index in [9.17, 15) is 4.79 Å². The van der Waals surface area contributed by atoms with Crippen LogP contribution in [0.2, 0.25) is 10.0 Å². The number of carbonyl (C=O) groups excluding carboxylic acids is 1. The molecule has 1 aromatic heterocycles. The van der Waals surface area contributed by atoms with Gasteiger partial charge in [-0.25, -0.2) is 0 Å². The maximum Gasteiger partial charge on any atom is 0.254 e. The molecule has 0 unspecified atom stereocenters. The fourth-order valence-corrected chi connectivity index (χ4v) is 2.25. The molecule has 0 radical (unpaired) electrons. The molecule has 3 nitrogen and oxygen atoms in total. The molecule has 0 fully saturated rings. The second kappa shape index (κ2) is 6.13. The van der Waals surface area contributed by atoms with E-state index in [-0.39, 0.29) is 5.91 Å². The van der Waals surface area contributed by atoms with Crippen LogP contribution in [0.5, 0.6) is 0 Å². The zero-order valence-corrected chi connectivity index (χ0v) is 11.9. The van der Waals surface area contributed by atoms with Gasteiger partial charge in [-0.15, -0.1) is 0 Å². The third kappa shape index (κ3) is 3.52. The molecular formula is C14H13Cl2NO2. The van der Waals surface area contributed by atoms with Crippen LogP contribution in [-0.2, 0) is 6.42 Å². The summed E-state index contributed by atoms with van der Waals surface area (Å²) in [6.07, 6.45) is 2.15. The number of hydrogen-bond acceptors (Lipinski definition) is 2. The van der Waals surface area contributed by atoms with Crippen LogP contribution in [0.15, 0.2) is 34.9 Å². The Kier molecular flexibility index (Phi) is 4.51. The summed E-state index contributed by atoms with van der Waals surface area (Å²) in [7, 11) is 0. The Labute approximate surface area is 121 Å². The first-order chi connectivity index (χ1) is 9.08. The lowest BCUT2D eigenvalue weighted by Crippen LogP contribution is -2.25. The number of nitrogens with one attached hydrogen (secondary N) is 1. The van der Waals surface area contributed by atoms with Crippen LogP contribution in [0, 0.1) is 6.92 Å². The number of carbonyl (C=O) groups is 1. The first-order valence-corrected chi connectivity index (χ1v) is 6.59. The molecule has 100 valence electrons. The molecule has 0 aliphatic carbocycles. The monoisotopic (exact) mass is 297 g/mol. The van der Waals surface area contributed by atoms with Gasteiger partial charge in [0.05, 0.1) is 11.8 Å². The maximum atomic E-state index is 11.8. The lowest BCUT2D eigenvalue weighted by atomic mass is 10.1. The number of halogens is 2. The van der Waals surface area contributed by atoms with Gasteiger partial charge in [-0.05, 0) is 37.1 Å². The highest BCUT2D eigenvalue weighted by atomic mass is 35.5. The Bertz CT molecular complexity index is 593. The van der Waals surface area contributed by atoms with Crippen molar-refractivity contribution in [1.82, 2.24) is 5.32 Å². The maximum absolute atomic E-state index is 11.8. The van der Waals surface area contributed by atoms with E-state index in [1.807, 2.05) is 6.07 Å². The van der Waals surface area contributed by atoms with Crippen molar-refractivity contribution in [3.05, 3.63) is 57.5 Å². The van der Waals surface area contributed by atoms with Gasteiger partial charge in [0.25, 0.3) is 5.91 Å². The van der Waals surface area contributed by atoms with Gasteiger partial charge >= 0.3 is 0 Å². The molecule has 1 aromatic carbocycles. The highest BCUT2D eigenvalue weighted by Crippen LogP contribution is 2.21. The largest absolute Gasteiger partial charge is 0.469 e. The zero-order valence-electron chi connectivity index (χ0n) is 10.4. The fourth-order valence-electron chi connectivity index (χ4n) is 1.75. The Morgan fingerprint density at radius 1 is 1.32 bits per heavy atom. The minimum absolute atomic E-state index is 0.142. The van der Waals surface area contributed by atoms with Crippen molar-refractivity contribution < 1.29 is 9.21 Å². The Balaban J connectivity index is 1.90. The molecule has 0 spiro atoms. The number of aryl methyl sites for hydroxylation is 1. The predicted molar refractivity (Wildman–Crippen MR) is 75.9 cm³/mol. The van der Waals surface area contributed by atoms with Gasteiger partial charge in [0.1, 0.15) is 5.76 Å². The summed E-state index contributed by atoms with van der Waals surface area (Å²) in [6, 6.07) is 6.99. The molecule has 1 heterocycles. The van der Waals surface area contributed by atoms with Crippen molar-refractivity contribution in [2.24, 2.45) is 0 Å². The Hall–Kier alpha value is -1.45. The molecule has 1 N–H and O–H groups in total. The third-order valence-corrected chi connectivity index (χ3v) is 3.39. The van der Waals surface area contributed by atoms with Crippen LogP contribution in [0.3, 0.4) is 0 Å². The van der Waals surface area contributed by atoms with Crippen molar-refractivity contribution in [3.8, 4) is 0 Å². The number of benzene rings is 1. The number of amides is 1. The molecule has 5 heteroatoms. The highest BCUT2D eigenvalue weighted by molar-refractivity contribution is 6.35. The molecule has 19 heavy (non-hydrogen) atoms. The van der Waals surface area contributed by atoms with Gasteiger partial charge in [-0.3, -0.25) is 4.79 Å². The minimum Gasteiger partial charge on any atom is -0.469 e. The van der Waals surface area contributed by atoms with Crippen molar-refractivity contribution in [2.45, 2.75) is 13.3 Å². The molecule has 2 rings (SSSR count). The quantitative estimate of drug-likeness (QED) is 0.931. The molecule has 0 aliphatic heterocycles. The van der Waals surface area contributed by atoms with E-state index in [0.717, 1.165) is 5.56 Å². The van der Waals surface area contributed by atoms with Crippen LogP contribution in [0.1, 0.15) is 21.7 Å². The minimum atomic E-state index is -0.142. The molecule has 0 atom stereocenters. The number of furan rings is 1. The summed E-state index contributed by atoms with van der Waals surface area (Å²) in [6.45, 7) is 2.26. The van der Waals surface area contributed by atoms with E-state index in [1.165, 1.54) is 6.26 Å². The van der Waals surface area contributed by atoms with E-state index in [0.29, 0.717) is 34.3 Å². The van der Waals surface area contributed by atoms with Crippen molar-refractivity contribution in [2.75, 3.05) is 6.54 Å². The van der Waals surface area contributed by atoms with Gasteiger partial charge in [-0.2, -0.15) is 0 Å². The smallest absolute Gasteiger partial charge is 0.254 e. The van der Waals surface area contributed by atoms with E-state index >= 15 is 0 Å². The average Bonchev–Trinajstić information content (AvgIpc) is 2.78. The lowest BCUT2D eigenvalue weighted by Gasteiger charge is -2.06. The SMILES string of the molecule is Cc1occc1C(=O)NCCc1ccc(Cl)cc1Cl. The second-order valence-electron chi connectivity index (χ2n) is 4.13. The van der Waals surface area contributed by atoms with E-state index in [2.05, 4.69) is 5.32 Å². The van der Waals surface area contributed by atoms with Crippen molar-refractivity contribution >= 4 is 29.1 Å². The van der Waals surface area contributed by atoms with Gasteiger partial charge in [0.15, 0.2) is 0 Å². The van der Waals surface area contributed by atoms with Gasteiger partial charge in [-0.1, -0.05) is 29.3 Å². The predicted octanol–water partition coefficient (Wildman–Crippen LogP) is 3.87. The average molecular weight is 298 g/mol. The summed E-state index contributed by atoms with van der Waals surface area (Å²) in [5, 5.41) is 4.04. The van der Waals surface area contributed by atoms with Crippen LogP contribution in [-0.4, -0.2) is 12.5 Å². The van der Waals surface area contributed by atoms with E-state index in [1.54, 1.807) is 25.1 Å². The molecule has 0 saturated carbocycles. The normalized spacial score (nSPS) is 10.5. The van der Waals surface area contributed by atoms with Crippen LogP contribution < -0.4 is 5.32 Å². The molecule has 2 aromatic rings. The Morgan fingerprint density at radius 3 is 2.74 bits per heavy atom. The van der Waals surface area contributed by atoms with Crippen LogP contribution in [0.4, 0.5) is 0 Å². The molecule has 0 aliphatic rings. The Morgan fingerprint density at radius 2 is 2.11 bits per heavy atom. The third-order valence-electron chi connectivity index (χ3n) is 2.80. The van der Waals surface area contributed by atoms with Gasteiger partial charge in [0, 0.05) is 16.6 Å². The first-order valence-electron chi connectivity index (χ1n) is 5.84. The van der Waals surface area contributed by atoms with Crippen LogP contribution in [0.25, 0.3) is 0 Å². The summed E-state index contributed by atoms with van der Waals surface area (Å²) in [5.41, 5.74) is 1.51. The van der Waals surface area contributed by atoms with Crippen LogP contribution >= 0.6 is 23.2 Å². The summed E-state index contributed by atoms with van der Waals surface area (Å²) in [5.74, 6) is 0.471. The van der Waals surface area contributed by atoms with Gasteiger partial charge in [0.2, 0.25) is 0 Å². The van der Waals surface area contributed by atoms with Crippen molar-refractivity contribution in [3.63, 3.8) is 0 Å². The first kappa shape index (κ1) is 14.0. The molecular weight excluding hydrogens is 285 g/mol. The standard InChI is InChI=1S/C14H13Cl2NO2/c1-9-12(5-7-19-9)14(18)17-6-4-10-2-3-11(15)8-13(10)16/h2-3,5,7-8H,4,6H2,1H3,(H,17,18). The molecule has 1 amide bonds. The number of rotatable bonds is 4. The summed E-state index contributed by atoms with van der Waals surface area (Å²) >= 11 is 11.9. The second-order valence-corrected chi connectivity index (χ2v) is 4.98. The van der Waals surface area contributed by atoms with Crippen molar-refractivity contribution in [1.29, 1.82) is 0 Å². The number of hydrogen-bond donors (Lipinski definition) is 1.